The lowest BCUT2D eigenvalue weighted by Crippen LogP contribution is -2.23. The third kappa shape index (κ3) is 2.33. The number of aromatic nitrogens is 1. The molecule has 0 aliphatic carbocycles. The van der Waals surface area contributed by atoms with Gasteiger partial charge in [0.15, 0.2) is 0 Å². The lowest BCUT2D eigenvalue weighted by atomic mass is 10.1. The van der Waals surface area contributed by atoms with E-state index in [-0.39, 0.29) is 0 Å². The van der Waals surface area contributed by atoms with Crippen molar-refractivity contribution in [3.63, 3.8) is 0 Å². The van der Waals surface area contributed by atoms with Crippen LogP contribution in [0.4, 0.5) is 0 Å². The summed E-state index contributed by atoms with van der Waals surface area (Å²) >= 11 is 0. The molecule has 0 radical (unpaired) electrons. The molecule has 1 aliphatic rings. The maximum Gasteiger partial charge on any atom is 0.119 e. The highest BCUT2D eigenvalue weighted by atomic mass is 16.5. The van der Waals surface area contributed by atoms with E-state index in [0.29, 0.717) is 6.04 Å². The standard InChI is InChI=1S/C15H20N2O2/c1-17-14-4-3-12(18-2)9-11(14)10-15(17)13-5-7-19-8-6-16-13/h3-4,9-10,13,16H,5-8H2,1-2H3. The van der Waals surface area contributed by atoms with Gasteiger partial charge in [0.2, 0.25) is 0 Å². The lowest BCUT2D eigenvalue weighted by molar-refractivity contribution is 0.149. The molecular formula is C15H20N2O2. The van der Waals surface area contributed by atoms with Gasteiger partial charge in [-0.3, -0.25) is 0 Å². The fraction of sp³-hybridized carbons (Fsp3) is 0.467. The average molecular weight is 260 g/mol. The van der Waals surface area contributed by atoms with E-state index in [1.807, 2.05) is 6.07 Å². The Hall–Kier alpha value is -1.52. The number of fused-ring (bicyclic) bond motifs is 1. The van der Waals surface area contributed by atoms with Gasteiger partial charge in [-0.1, -0.05) is 0 Å². The molecule has 1 atom stereocenters. The number of ether oxygens (including phenoxy) is 2. The molecule has 0 spiro atoms. The molecule has 1 aliphatic heterocycles. The molecule has 0 saturated carbocycles. The van der Waals surface area contributed by atoms with Gasteiger partial charge in [0.1, 0.15) is 5.75 Å². The van der Waals surface area contributed by atoms with Gasteiger partial charge >= 0.3 is 0 Å². The van der Waals surface area contributed by atoms with Crippen LogP contribution < -0.4 is 10.1 Å². The number of rotatable bonds is 2. The van der Waals surface area contributed by atoms with Gasteiger partial charge in [-0.05, 0) is 30.7 Å². The number of nitrogens with one attached hydrogen (secondary N) is 1. The van der Waals surface area contributed by atoms with E-state index in [4.69, 9.17) is 9.47 Å². The molecule has 2 aromatic rings. The molecule has 2 heterocycles. The van der Waals surface area contributed by atoms with Crippen molar-refractivity contribution in [1.82, 2.24) is 9.88 Å². The quantitative estimate of drug-likeness (QED) is 0.899. The third-order valence-corrected chi connectivity index (χ3v) is 3.83. The van der Waals surface area contributed by atoms with Gasteiger partial charge in [0.05, 0.1) is 13.7 Å². The van der Waals surface area contributed by atoms with Crippen LogP contribution in [0.25, 0.3) is 10.9 Å². The Morgan fingerprint density at radius 1 is 1.32 bits per heavy atom. The summed E-state index contributed by atoms with van der Waals surface area (Å²) in [6, 6.07) is 8.83. The first kappa shape index (κ1) is 12.5. The van der Waals surface area contributed by atoms with Crippen LogP contribution in [0.1, 0.15) is 18.2 Å². The van der Waals surface area contributed by atoms with Crippen molar-refractivity contribution in [3.8, 4) is 5.75 Å². The summed E-state index contributed by atoms with van der Waals surface area (Å²) in [6.45, 7) is 2.53. The summed E-state index contributed by atoms with van der Waals surface area (Å²) in [5, 5.41) is 4.78. The van der Waals surface area contributed by atoms with E-state index in [0.717, 1.165) is 31.9 Å². The molecule has 19 heavy (non-hydrogen) atoms. The van der Waals surface area contributed by atoms with Crippen LogP contribution >= 0.6 is 0 Å². The third-order valence-electron chi connectivity index (χ3n) is 3.83. The highest BCUT2D eigenvalue weighted by molar-refractivity contribution is 5.83. The van der Waals surface area contributed by atoms with Crippen LogP contribution in [-0.2, 0) is 11.8 Å². The van der Waals surface area contributed by atoms with Crippen LogP contribution in [0.3, 0.4) is 0 Å². The molecule has 0 amide bonds. The largest absolute Gasteiger partial charge is 0.497 e. The molecule has 1 aromatic heterocycles. The van der Waals surface area contributed by atoms with Crippen LogP contribution in [0, 0.1) is 0 Å². The monoisotopic (exact) mass is 260 g/mol. The van der Waals surface area contributed by atoms with Crippen molar-refractivity contribution >= 4 is 10.9 Å². The smallest absolute Gasteiger partial charge is 0.119 e. The maximum atomic E-state index is 5.50. The second-order valence-electron chi connectivity index (χ2n) is 4.96. The van der Waals surface area contributed by atoms with E-state index in [2.05, 4.69) is 35.1 Å². The van der Waals surface area contributed by atoms with Crippen molar-refractivity contribution in [1.29, 1.82) is 0 Å². The van der Waals surface area contributed by atoms with Crippen molar-refractivity contribution in [3.05, 3.63) is 30.0 Å². The Labute approximate surface area is 113 Å². The summed E-state index contributed by atoms with van der Waals surface area (Å²) in [5.74, 6) is 0.904. The van der Waals surface area contributed by atoms with Crippen LogP contribution in [-0.4, -0.2) is 31.4 Å². The van der Waals surface area contributed by atoms with Gasteiger partial charge in [-0.2, -0.15) is 0 Å². The van der Waals surface area contributed by atoms with Crippen molar-refractivity contribution in [2.45, 2.75) is 12.5 Å². The van der Waals surface area contributed by atoms with Crippen LogP contribution in [0.2, 0.25) is 0 Å². The van der Waals surface area contributed by atoms with E-state index in [1.165, 1.54) is 16.6 Å². The number of hydrogen-bond acceptors (Lipinski definition) is 3. The molecule has 102 valence electrons. The minimum absolute atomic E-state index is 0.367. The Bertz CT molecular complexity index is 569. The minimum Gasteiger partial charge on any atom is -0.497 e. The van der Waals surface area contributed by atoms with Crippen LogP contribution in [0.5, 0.6) is 5.75 Å². The highest BCUT2D eigenvalue weighted by Gasteiger charge is 2.18. The van der Waals surface area contributed by atoms with Gasteiger partial charge < -0.3 is 19.4 Å². The molecular weight excluding hydrogens is 240 g/mol. The SMILES string of the molecule is COc1ccc2c(c1)cc(C1CCOCCN1)n2C. The van der Waals surface area contributed by atoms with Gasteiger partial charge in [-0.15, -0.1) is 0 Å². The molecule has 3 rings (SSSR count). The first-order valence-electron chi connectivity index (χ1n) is 6.74. The van der Waals surface area contributed by atoms with E-state index in [9.17, 15) is 0 Å². The van der Waals surface area contributed by atoms with Crippen molar-refractivity contribution < 1.29 is 9.47 Å². The molecule has 1 fully saturated rings. The summed E-state index contributed by atoms with van der Waals surface area (Å²) < 4.78 is 13.1. The van der Waals surface area contributed by atoms with Gasteiger partial charge in [0, 0.05) is 42.8 Å². The Morgan fingerprint density at radius 3 is 3.05 bits per heavy atom. The summed E-state index contributed by atoms with van der Waals surface area (Å²) in [4.78, 5) is 0. The molecule has 1 aromatic carbocycles. The van der Waals surface area contributed by atoms with Gasteiger partial charge in [-0.25, -0.2) is 0 Å². The van der Waals surface area contributed by atoms with E-state index < -0.39 is 0 Å². The van der Waals surface area contributed by atoms with Gasteiger partial charge in [0.25, 0.3) is 0 Å². The Morgan fingerprint density at radius 2 is 2.21 bits per heavy atom. The number of benzene rings is 1. The topological polar surface area (TPSA) is 35.4 Å². The molecule has 1 N–H and O–H groups in total. The first-order chi connectivity index (χ1) is 9.29. The lowest BCUT2D eigenvalue weighted by Gasteiger charge is -2.16. The summed E-state index contributed by atoms with van der Waals surface area (Å²) in [5.41, 5.74) is 2.55. The number of methoxy groups -OCH3 is 1. The number of hydrogen-bond donors (Lipinski definition) is 1. The van der Waals surface area contributed by atoms with Crippen molar-refractivity contribution in [2.75, 3.05) is 26.9 Å². The predicted molar refractivity (Wildman–Crippen MR) is 75.7 cm³/mol. The predicted octanol–water partition coefficient (Wildman–Crippen LogP) is 2.24. The maximum absolute atomic E-state index is 5.50. The summed E-state index contributed by atoms with van der Waals surface area (Å²) in [7, 11) is 3.83. The second-order valence-corrected chi connectivity index (χ2v) is 4.96. The van der Waals surface area contributed by atoms with Crippen LogP contribution in [0.15, 0.2) is 24.3 Å². The summed E-state index contributed by atoms with van der Waals surface area (Å²) in [6.07, 6.45) is 1.02. The number of nitrogens with zero attached hydrogens (tertiary/aromatic N) is 1. The molecule has 4 heteroatoms. The fourth-order valence-electron chi connectivity index (χ4n) is 2.77. The fourth-order valence-corrected chi connectivity index (χ4v) is 2.77. The number of aryl methyl sites for hydroxylation is 1. The zero-order valence-corrected chi connectivity index (χ0v) is 11.5. The zero-order chi connectivity index (χ0) is 13.2. The minimum atomic E-state index is 0.367. The van der Waals surface area contributed by atoms with E-state index >= 15 is 0 Å². The normalized spacial score (nSPS) is 20.4. The molecule has 0 bridgehead atoms. The molecule has 1 unspecified atom stereocenters. The Balaban J connectivity index is 2.00. The first-order valence-corrected chi connectivity index (χ1v) is 6.74. The molecule has 4 nitrogen and oxygen atoms in total. The van der Waals surface area contributed by atoms with Crippen molar-refractivity contribution in [2.24, 2.45) is 7.05 Å². The van der Waals surface area contributed by atoms with E-state index in [1.54, 1.807) is 7.11 Å². The molecule has 1 saturated heterocycles. The second kappa shape index (κ2) is 5.23. The average Bonchev–Trinajstić information content (AvgIpc) is 2.64. The Kier molecular flexibility index (Phi) is 3.44. The zero-order valence-electron chi connectivity index (χ0n) is 11.5. The highest BCUT2D eigenvalue weighted by Crippen LogP contribution is 2.28.